The maximum absolute atomic E-state index is 12.1. The Morgan fingerprint density at radius 2 is 1.84 bits per heavy atom. The minimum absolute atomic E-state index is 0.0727. The summed E-state index contributed by atoms with van der Waals surface area (Å²) in [4.78, 5) is 34.6. The molecule has 0 atom stereocenters. The molecule has 0 aromatic heterocycles. The first-order valence-electron chi connectivity index (χ1n) is 6.76. The zero-order chi connectivity index (χ0) is 19.0. The summed E-state index contributed by atoms with van der Waals surface area (Å²) in [6.07, 6.45) is -3.70. The Balaban J connectivity index is 2.95. The molecule has 25 heavy (non-hydrogen) atoms. The summed E-state index contributed by atoms with van der Waals surface area (Å²) >= 11 is 0. The minimum atomic E-state index is -4.53. The number of carbonyl (C=O) groups excluding carboxylic acids is 3. The van der Waals surface area contributed by atoms with Crippen LogP contribution in [0.2, 0.25) is 0 Å². The van der Waals surface area contributed by atoms with Crippen LogP contribution in [-0.4, -0.2) is 44.8 Å². The molecule has 10 heteroatoms. The number of ether oxygens (including phenoxy) is 2. The van der Waals surface area contributed by atoms with Crippen molar-refractivity contribution in [2.45, 2.75) is 6.18 Å². The van der Waals surface area contributed by atoms with Crippen LogP contribution < -0.4 is 10.6 Å². The molecule has 0 aliphatic carbocycles. The van der Waals surface area contributed by atoms with E-state index >= 15 is 0 Å². The molecular formula is C15H15F3N2O5. The van der Waals surface area contributed by atoms with Crippen LogP contribution >= 0.6 is 0 Å². The molecule has 0 spiro atoms. The molecule has 7 nitrogen and oxygen atoms in total. The fourth-order valence-corrected chi connectivity index (χ4v) is 1.61. The summed E-state index contributed by atoms with van der Waals surface area (Å²) in [6.45, 7) is -1.47. The van der Waals surface area contributed by atoms with Crippen molar-refractivity contribution in [2.24, 2.45) is 0 Å². The summed E-state index contributed by atoms with van der Waals surface area (Å²) in [5.41, 5.74) is -0.168. The number of benzene rings is 1. The van der Waals surface area contributed by atoms with Gasteiger partial charge in [0.2, 0.25) is 0 Å². The maximum atomic E-state index is 12.1. The van der Waals surface area contributed by atoms with Gasteiger partial charge in [-0.05, 0) is 18.2 Å². The van der Waals surface area contributed by atoms with E-state index < -0.39 is 30.6 Å². The topological polar surface area (TPSA) is 93.7 Å². The minimum Gasteiger partial charge on any atom is -0.466 e. The fourth-order valence-electron chi connectivity index (χ4n) is 1.61. The quantitative estimate of drug-likeness (QED) is 0.592. The number of halogens is 3. The van der Waals surface area contributed by atoms with Gasteiger partial charge in [-0.3, -0.25) is 4.79 Å². The molecule has 2 N–H and O–H groups in total. The number of hydrogen-bond donors (Lipinski definition) is 2. The second-order valence-electron chi connectivity index (χ2n) is 4.58. The predicted octanol–water partition coefficient (Wildman–Crippen LogP) is 1.62. The van der Waals surface area contributed by atoms with Crippen molar-refractivity contribution >= 4 is 23.5 Å². The first-order chi connectivity index (χ1) is 11.7. The van der Waals surface area contributed by atoms with E-state index in [9.17, 15) is 27.6 Å². The van der Waals surface area contributed by atoms with Gasteiger partial charge in [0.05, 0.1) is 20.3 Å². The van der Waals surface area contributed by atoms with Crippen LogP contribution in [0.1, 0.15) is 10.4 Å². The van der Waals surface area contributed by atoms with Crippen molar-refractivity contribution in [3.8, 4) is 0 Å². The van der Waals surface area contributed by atoms with Crippen LogP contribution in [0.25, 0.3) is 0 Å². The molecule has 0 bridgehead atoms. The monoisotopic (exact) mass is 360 g/mol. The smallest absolute Gasteiger partial charge is 0.405 e. The second kappa shape index (κ2) is 8.71. The molecule has 0 saturated heterocycles. The Bertz CT molecular complexity index is 686. The number of rotatable bonds is 6. The zero-order valence-corrected chi connectivity index (χ0v) is 13.3. The Hall–Kier alpha value is -3.04. The summed E-state index contributed by atoms with van der Waals surface area (Å²) < 4.78 is 45.3. The van der Waals surface area contributed by atoms with Gasteiger partial charge in [0.15, 0.2) is 0 Å². The van der Waals surface area contributed by atoms with Gasteiger partial charge in [-0.2, -0.15) is 13.2 Å². The van der Waals surface area contributed by atoms with Crippen molar-refractivity contribution in [3.63, 3.8) is 0 Å². The van der Waals surface area contributed by atoms with Gasteiger partial charge in [-0.15, -0.1) is 0 Å². The highest BCUT2D eigenvalue weighted by molar-refractivity contribution is 5.99. The molecule has 0 unspecified atom stereocenters. The SMILES string of the molecule is COC(=O)/C=C(/Nc1cccc(C(=O)NCC(F)(F)F)c1)C(=O)OC. The normalized spacial score (nSPS) is 11.5. The van der Waals surface area contributed by atoms with Crippen molar-refractivity contribution in [1.82, 2.24) is 5.32 Å². The van der Waals surface area contributed by atoms with Gasteiger partial charge in [0, 0.05) is 11.3 Å². The summed E-state index contributed by atoms with van der Waals surface area (Å²) in [5, 5.41) is 4.27. The molecule has 136 valence electrons. The summed E-state index contributed by atoms with van der Waals surface area (Å²) in [7, 11) is 2.20. The lowest BCUT2D eigenvalue weighted by Gasteiger charge is -2.11. The molecule has 0 heterocycles. The molecular weight excluding hydrogens is 345 g/mol. The predicted molar refractivity (Wildman–Crippen MR) is 80.6 cm³/mol. The van der Waals surface area contributed by atoms with E-state index in [-0.39, 0.29) is 16.9 Å². The van der Waals surface area contributed by atoms with Crippen molar-refractivity contribution < 1.29 is 37.0 Å². The summed E-state index contributed by atoms with van der Waals surface area (Å²) in [6, 6.07) is 5.32. The Labute approximate surface area is 140 Å². The van der Waals surface area contributed by atoms with Gasteiger partial charge in [0.25, 0.3) is 5.91 Å². The van der Waals surface area contributed by atoms with Crippen LogP contribution in [0.5, 0.6) is 0 Å². The Morgan fingerprint density at radius 1 is 1.16 bits per heavy atom. The lowest BCUT2D eigenvalue weighted by atomic mass is 10.2. The zero-order valence-electron chi connectivity index (χ0n) is 13.3. The number of hydrogen-bond acceptors (Lipinski definition) is 6. The van der Waals surface area contributed by atoms with Gasteiger partial charge in [-0.25, -0.2) is 9.59 Å². The van der Waals surface area contributed by atoms with E-state index in [4.69, 9.17) is 0 Å². The number of nitrogens with one attached hydrogen (secondary N) is 2. The van der Waals surface area contributed by atoms with Gasteiger partial charge in [0.1, 0.15) is 12.2 Å². The molecule has 0 saturated carbocycles. The third kappa shape index (κ3) is 6.94. The van der Waals surface area contributed by atoms with E-state index in [1.54, 1.807) is 5.32 Å². The van der Waals surface area contributed by atoms with Crippen LogP contribution in [0.15, 0.2) is 36.0 Å². The van der Waals surface area contributed by atoms with E-state index in [2.05, 4.69) is 14.8 Å². The molecule has 1 amide bonds. The molecule has 0 fully saturated rings. The molecule has 1 aromatic carbocycles. The Kier molecular flexibility index (Phi) is 6.97. The third-order valence-corrected chi connectivity index (χ3v) is 2.72. The highest BCUT2D eigenvalue weighted by Gasteiger charge is 2.27. The van der Waals surface area contributed by atoms with E-state index in [0.29, 0.717) is 0 Å². The van der Waals surface area contributed by atoms with Crippen LogP contribution in [0.4, 0.5) is 18.9 Å². The van der Waals surface area contributed by atoms with Crippen molar-refractivity contribution in [2.75, 3.05) is 26.1 Å². The Morgan fingerprint density at radius 3 is 2.40 bits per heavy atom. The second-order valence-corrected chi connectivity index (χ2v) is 4.58. The summed E-state index contributed by atoms with van der Waals surface area (Å²) in [5.74, 6) is -2.65. The lowest BCUT2D eigenvalue weighted by molar-refractivity contribution is -0.138. The lowest BCUT2D eigenvalue weighted by Crippen LogP contribution is -2.33. The molecule has 1 rings (SSSR count). The number of esters is 2. The highest BCUT2D eigenvalue weighted by atomic mass is 19.4. The largest absolute Gasteiger partial charge is 0.466 e. The number of anilines is 1. The van der Waals surface area contributed by atoms with E-state index in [1.807, 2.05) is 0 Å². The molecule has 0 radical (unpaired) electrons. The number of amides is 1. The first kappa shape index (κ1) is 20.0. The first-order valence-corrected chi connectivity index (χ1v) is 6.76. The maximum Gasteiger partial charge on any atom is 0.405 e. The van der Waals surface area contributed by atoms with Gasteiger partial charge >= 0.3 is 18.1 Å². The molecule has 0 aliphatic rings. The standard InChI is InChI=1S/C15H15F3N2O5/c1-24-12(21)7-11(14(23)25-2)20-10-5-3-4-9(6-10)13(22)19-8-15(16,17)18/h3-7,20H,8H2,1-2H3,(H,19,22)/b11-7+. The van der Waals surface area contributed by atoms with Gasteiger partial charge < -0.3 is 20.1 Å². The number of alkyl halides is 3. The number of carbonyl (C=O) groups is 3. The van der Waals surface area contributed by atoms with E-state index in [1.165, 1.54) is 24.3 Å². The van der Waals surface area contributed by atoms with Crippen LogP contribution in [-0.2, 0) is 19.1 Å². The molecule has 0 aliphatic heterocycles. The fraction of sp³-hybridized carbons (Fsp3) is 0.267. The number of methoxy groups -OCH3 is 2. The third-order valence-electron chi connectivity index (χ3n) is 2.72. The highest BCUT2D eigenvalue weighted by Crippen LogP contribution is 2.16. The van der Waals surface area contributed by atoms with Crippen molar-refractivity contribution in [1.29, 1.82) is 0 Å². The van der Waals surface area contributed by atoms with E-state index in [0.717, 1.165) is 20.3 Å². The van der Waals surface area contributed by atoms with Crippen LogP contribution in [0.3, 0.4) is 0 Å². The average Bonchev–Trinajstić information content (AvgIpc) is 2.57. The van der Waals surface area contributed by atoms with Crippen molar-refractivity contribution in [3.05, 3.63) is 41.6 Å². The molecule has 1 aromatic rings. The van der Waals surface area contributed by atoms with Crippen LogP contribution in [0, 0.1) is 0 Å². The van der Waals surface area contributed by atoms with Gasteiger partial charge in [-0.1, -0.05) is 6.07 Å². The average molecular weight is 360 g/mol.